The summed E-state index contributed by atoms with van der Waals surface area (Å²) in [4.78, 5) is 0. The highest BCUT2D eigenvalue weighted by atomic mass is 79.9. The largest absolute Gasteiger partial charge is 0.462 e. The first-order valence-corrected chi connectivity index (χ1v) is 9.19. The molecule has 2 nitrogen and oxygen atoms in total. The van der Waals surface area contributed by atoms with Crippen LogP contribution in [0.2, 0.25) is 0 Å². The predicted molar refractivity (Wildman–Crippen MR) is 99.1 cm³/mol. The van der Waals surface area contributed by atoms with Gasteiger partial charge in [-0.25, -0.2) is 0 Å². The second-order valence-corrected chi connectivity index (χ2v) is 7.49. The third kappa shape index (κ3) is 6.06. The van der Waals surface area contributed by atoms with Crippen LogP contribution in [-0.2, 0) is 15.6 Å². The summed E-state index contributed by atoms with van der Waals surface area (Å²) < 4.78 is 13.0. The van der Waals surface area contributed by atoms with E-state index in [0.29, 0.717) is 0 Å². The molecule has 1 aromatic rings. The minimum absolute atomic E-state index is 0.152. The average Bonchev–Trinajstić information content (AvgIpc) is 3.28. The summed E-state index contributed by atoms with van der Waals surface area (Å²) in [5.74, 6) is 0. The van der Waals surface area contributed by atoms with Gasteiger partial charge in [-0.1, -0.05) is 61.2 Å². The third-order valence-electron chi connectivity index (χ3n) is 3.97. The van der Waals surface area contributed by atoms with Gasteiger partial charge in [-0.05, 0) is 45.4 Å². The minimum Gasteiger partial charge on any atom is -0.403 e. The Hall–Kier alpha value is -0.315. The highest BCUT2D eigenvalue weighted by molar-refractivity contribution is 9.10. The number of hydrogen-bond acceptors (Lipinski definition) is 2. The second-order valence-electron chi connectivity index (χ2n) is 6.58. The van der Waals surface area contributed by atoms with Gasteiger partial charge in [0.1, 0.15) is 0 Å². The Morgan fingerprint density at radius 2 is 1.32 bits per heavy atom. The van der Waals surface area contributed by atoms with Crippen molar-refractivity contribution in [3.63, 3.8) is 0 Å². The zero-order valence-corrected chi connectivity index (χ0v) is 16.5. The molecule has 0 atom stereocenters. The van der Waals surface area contributed by atoms with E-state index in [4.69, 9.17) is 9.31 Å². The van der Waals surface area contributed by atoms with E-state index in [2.05, 4.69) is 55.8 Å². The normalized spacial score (nSPS) is 20.4. The Balaban J connectivity index is 0.000000419. The SMILES string of the molecule is C1CC1.CC.CC1(C)OB(Cc2ccc(Br)cc2)OC1(C)C. The lowest BCUT2D eigenvalue weighted by molar-refractivity contribution is 0.00578. The maximum Gasteiger partial charge on any atom is 0.462 e. The fourth-order valence-electron chi connectivity index (χ4n) is 1.86. The molecule has 1 aliphatic heterocycles. The highest BCUT2D eigenvalue weighted by Gasteiger charge is 2.50. The molecule has 2 fully saturated rings. The lowest BCUT2D eigenvalue weighted by Crippen LogP contribution is -2.41. The number of rotatable bonds is 2. The fraction of sp³-hybridized carbons (Fsp3) is 0.667. The van der Waals surface area contributed by atoms with Crippen LogP contribution in [-0.4, -0.2) is 18.3 Å². The van der Waals surface area contributed by atoms with Gasteiger partial charge in [0.05, 0.1) is 11.2 Å². The van der Waals surface area contributed by atoms with Gasteiger partial charge in [0, 0.05) is 10.8 Å². The van der Waals surface area contributed by atoms with Crippen LogP contribution in [0.4, 0.5) is 0 Å². The number of benzene rings is 1. The van der Waals surface area contributed by atoms with Crippen molar-refractivity contribution >= 4 is 23.0 Å². The van der Waals surface area contributed by atoms with E-state index in [1.807, 2.05) is 26.0 Å². The van der Waals surface area contributed by atoms with Crippen molar-refractivity contribution in [1.82, 2.24) is 0 Å². The van der Waals surface area contributed by atoms with Crippen molar-refractivity contribution in [2.45, 2.75) is 78.3 Å². The molecule has 3 rings (SSSR count). The minimum atomic E-state index is -0.243. The van der Waals surface area contributed by atoms with Gasteiger partial charge in [0.2, 0.25) is 0 Å². The molecule has 2 aliphatic rings. The van der Waals surface area contributed by atoms with Gasteiger partial charge in [-0.3, -0.25) is 0 Å². The number of halogens is 1. The molecule has 0 aromatic heterocycles. The average molecular weight is 369 g/mol. The molecule has 1 saturated carbocycles. The summed E-state index contributed by atoms with van der Waals surface area (Å²) in [7, 11) is -0.152. The molecule has 1 aromatic carbocycles. The molecular weight excluding hydrogens is 339 g/mol. The van der Waals surface area contributed by atoms with Crippen LogP contribution in [0, 0.1) is 0 Å². The Labute approximate surface area is 145 Å². The first kappa shape index (κ1) is 19.7. The Bertz CT molecular complexity index is 422. The molecule has 0 radical (unpaired) electrons. The maximum absolute atomic E-state index is 5.96. The standard InChI is InChI=1S/C13H18BBrO2.C3H6.C2H6/c1-12(2)13(3,4)17-14(16-12)9-10-5-7-11(15)8-6-10;1-2-3-1;1-2/h5-8H,9H2,1-4H3;1-3H2;1-2H3. The molecule has 4 heteroatoms. The van der Waals surface area contributed by atoms with Crippen LogP contribution in [0.5, 0.6) is 0 Å². The van der Waals surface area contributed by atoms with E-state index in [9.17, 15) is 0 Å². The molecule has 22 heavy (non-hydrogen) atoms. The monoisotopic (exact) mass is 368 g/mol. The molecule has 0 unspecified atom stereocenters. The van der Waals surface area contributed by atoms with Crippen LogP contribution in [0.3, 0.4) is 0 Å². The van der Waals surface area contributed by atoms with E-state index in [-0.39, 0.29) is 18.3 Å². The zero-order valence-electron chi connectivity index (χ0n) is 14.9. The molecule has 0 bridgehead atoms. The quantitative estimate of drug-likeness (QED) is 0.612. The van der Waals surface area contributed by atoms with Crippen LogP contribution in [0.25, 0.3) is 0 Å². The fourth-order valence-corrected chi connectivity index (χ4v) is 2.13. The van der Waals surface area contributed by atoms with Crippen molar-refractivity contribution in [3.05, 3.63) is 34.3 Å². The summed E-state index contributed by atoms with van der Waals surface area (Å²) in [6.45, 7) is 12.3. The molecular formula is C18H30BBrO2. The zero-order chi connectivity index (χ0) is 16.8. The second kappa shape index (κ2) is 8.51. The first-order chi connectivity index (χ1) is 10.3. The van der Waals surface area contributed by atoms with Crippen molar-refractivity contribution in [2.24, 2.45) is 0 Å². The summed E-state index contributed by atoms with van der Waals surface area (Å²) in [5, 5.41) is 0. The van der Waals surface area contributed by atoms with E-state index in [1.165, 1.54) is 24.8 Å². The molecule has 0 amide bonds. The summed E-state index contributed by atoms with van der Waals surface area (Å²) in [5.41, 5.74) is 0.742. The molecule has 1 aliphatic carbocycles. The highest BCUT2D eigenvalue weighted by Crippen LogP contribution is 2.37. The molecule has 124 valence electrons. The Morgan fingerprint density at radius 3 is 1.68 bits per heavy atom. The predicted octanol–water partition coefficient (Wildman–Crippen LogP) is 5.82. The Kier molecular flexibility index (Phi) is 7.63. The van der Waals surface area contributed by atoms with Crippen molar-refractivity contribution in [3.8, 4) is 0 Å². The van der Waals surface area contributed by atoms with Crippen LogP contribution < -0.4 is 0 Å². The van der Waals surface area contributed by atoms with E-state index >= 15 is 0 Å². The Morgan fingerprint density at radius 1 is 0.909 bits per heavy atom. The maximum atomic E-state index is 5.96. The summed E-state index contributed by atoms with van der Waals surface area (Å²) >= 11 is 3.43. The molecule has 0 N–H and O–H groups in total. The van der Waals surface area contributed by atoms with Gasteiger partial charge < -0.3 is 9.31 Å². The molecule has 1 heterocycles. The van der Waals surface area contributed by atoms with Gasteiger partial charge in [0.15, 0.2) is 0 Å². The van der Waals surface area contributed by atoms with Gasteiger partial charge in [-0.15, -0.1) is 0 Å². The molecule has 1 saturated heterocycles. The lowest BCUT2D eigenvalue weighted by Gasteiger charge is -2.32. The van der Waals surface area contributed by atoms with Gasteiger partial charge in [-0.2, -0.15) is 0 Å². The topological polar surface area (TPSA) is 18.5 Å². The van der Waals surface area contributed by atoms with Crippen LogP contribution in [0.15, 0.2) is 28.7 Å². The third-order valence-corrected chi connectivity index (χ3v) is 4.50. The van der Waals surface area contributed by atoms with E-state index in [0.717, 1.165) is 10.8 Å². The smallest absolute Gasteiger partial charge is 0.403 e. The van der Waals surface area contributed by atoms with Crippen LogP contribution in [0.1, 0.15) is 66.4 Å². The van der Waals surface area contributed by atoms with Gasteiger partial charge >= 0.3 is 7.12 Å². The van der Waals surface area contributed by atoms with Crippen molar-refractivity contribution in [2.75, 3.05) is 0 Å². The van der Waals surface area contributed by atoms with Crippen molar-refractivity contribution < 1.29 is 9.31 Å². The van der Waals surface area contributed by atoms with Crippen molar-refractivity contribution in [1.29, 1.82) is 0 Å². The lowest BCUT2D eigenvalue weighted by atomic mass is 9.81. The van der Waals surface area contributed by atoms with E-state index in [1.54, 1.807) is 0 Å². The van der Waals surface area contributed by atoms with Crippen LogP contribution >= 0.6 is 15.9 Å². The number of hydrogen-bond donors (Lipinski definition) is 0. The summed E-state index contributed by atoms with van der Waals surface area (Å²) in [6.07, 6.45) is 5.29. The van der Waals surface area contributed by atoms with E-state index < -0.39 is 0 Å². The molecule has 0 spiro atoms. The van der Waals surface area contributed by atoms with Gasteiger partial charge in [0.25, 0.3) is 0 Å². The summed E-state index contributed by atoms with van der Waals surface area (Å²) in [6, 6.07) is 8.27. The first-order valence-electron chi connectivity index (χ1n) is 8.40.